The third-order valence-corrected chi connectivity index (χ3v) is 20.2. The van der Waals surface area contributed by atoms with Gasteiger partial charge in [0.05, 0.1) is 0 Å². The molecule has 0 N–H and O–H groups in total. The van der Waals surface area contributed by atoms with E-state index in [9.17, 15) is 10.3 Å². The summed E-state index contributed by atoms with van der Waals surface area (Å²) >= 11 is 9.64. The molecule has 0 unspecified atom stereocenters. The number of nitrogens with zero attached hydrogens (tertiary/aromatic N) is 2. The van der Waals surface area contributed by atoms with Gasteiger partial charge in [-0.25, -0.2) is 14.1 Å². The first-order valence-corrected chi connectivity index (χ1v) is 20.5. The van der Waals surface area contributed by atoms with Crippen molar-refractivity contribution in [2.75, 3.05) is 0 Å². The second-order valence-electron chi connectivity index (χ2n) is 17.6. The van der Waals surface area contributed by atoms with E-state index in [0.29, 0.717) is 0 Å². The Morgan fingerprint density at radius 3 is 0.622 bits per heavy atom. The fourth-order valence-corrected chi connectivity index (χ4v) is 19.6. The molecule has 0 spiro atoms. The van der Waals surface area contributed by atoms with Crippen LogP contribution in [0.1, 0.15) is 136 Å². The molecule has 0 heterocycles. The Kier molecular flexibility index (Phi) is 20.9. The summed E-state index contributed by atoms with van der Waals surface area (Å²) < 4.78 is 0. The summed E-state index contributed by atoms with van der Waals surface area (Å²) in [5, 5.41) is 22.2. The van der Waals surface area contributed by atoms with Gasteiger partial charge in [0.25, 0.3) is 0 Å². The van der Waals surface area contributed by atoms with Gasteiger partial charge in [0.1, 0.15) is 0 Å². The Morgan fingerprint density at radius 1 is 0.400 bits per heavy atom. The van der Waals surface area contributed by atoms with Gasteiger partial charge < -0.3 is 35.6 Å². The molecule has 2 aromatic carbocycles. The van der Waals surface area contributed by atoms with Crippen LogP contribution in [0.2, 0.25) is 0 Å². The van der Waals surface area contributed by atoms with E-state index in [2.05, 4.69) is 125 Å². The van der Waals surface area contributed by atoms with Crippen molar-refractivity contribution in [2.24, 2.45) is 0 Å². The predicted octanol–water partition coefficient (Wildman–Crippen LogP) is 13.8. The molecule has 0 aromatic heterocycles. The van der Waals surface area contributed by atoms with Gasteiger partial charge in [-0.3, -0.25) is 0 Å². The molecule has 2 aromatic rings. The molecule has 0 aliphatic rings. The molecule has 45 heavy (non-hydrogen) atoms. The molecule has 2 rings (SSSR count). The number of hydrogen-bond acceptors (Lipinski definition) is 2. The maximum Gasteiger partial charge on any atom is 4.00 e. The first-order chi connectivity index (χ1) is 19.4. The Balaban J connectivity index is -0.000000534. The summed E-state index contributed by atoms with van der Waals surface area (Å²) in [7, 11) is -4.04. The molecule has 0 aliphatic carbocycles. The van der Waals surface area contributed by atoms with Crippen LogP contribution in [0.25, 0.3) is 10.3 Å². The normalized spacial score (nSPS) is 13.1. The van der Waals surface area contributed by atoms with Gasteiger partial charge in [0, 0.05) is 0 Å². The Labute approximate surface area is 308 Å². The summed E-state index contributed by atoms with van der Waals surface area (Å²) in [6.07, 6.45) is 0. The van der Waals surface area contributed by atoms with Crippen molar-refractivity contribution >= 4 is 39.4 Å². The molecule has 0 saturated heterocycles. The largest absolute Gasteiger partial charge is 4.00 e. The summed E-state index contributed by atoms with van der Waals surface area (Å²) in [5.41, 5.74) is 2.45. The van der Waals surface area contributed by atoms with Crippen LogP contribution < -0.4 is 0 Å². The van der Waals surface area contributed by atoms with Crippen LogP contribution in [0.5, 0.6) is 0 Å². The van der Waals surface area contributed by atoms with Crippen molar-refractivity contribution in [3.8, 4) is 0 Å². The number of hydrogen-bond donors (Lipinski definition) is 0. The summed E-state index contributed by atoms with van der Waals surface area (Å²) in [5.74, 6) is 1.45. The third-order valence-electron chi connectivity index (χ3n) is 7.84. The number of rotatable bonds is 2. The van der Waals surface area contributed by atoms with E-state index in [1.54, 1.807) is 0 Å². The maximum atomic E-state index is 11.1. The maximum absolute atomic E-state index is 11.1. The molecule has 7 heteroatoms. The van der Waals surface area contributed by atoms with E-state index in [-0.39, 0.29) is 52.7 Å². The van der Waals surface area contributed by atoms with Crippen LogP contribution in [0.15, 0.2) is 60.7 Å². The van der Waals surface area contributed by atoms with Crippen molar-refractivity contribution in [1.29, 1.82) is 0 Å². The zero-order valence-corrected chi connectivity index (χ0v) is 37.3. The zero-order valence-electron chi connectivity index (χ0n) is 32.3. The van der Waals surface area contributed by atoms with Gasteiger partial charge in [-0.2, -0.15) is 11.5 Å². The van der Waals surface area contributed by atoms with E-state index in [1.807, 2.05) is 60.7 Å². The first-order valence-electron chi connectivity index (χ1n) is 15.8. The minimum Gasteiger partial charge on any atom is -0.807 e. The first kappa shape index (κ1) is 49.7. The summed E-state index contributed by atoms with van der Waals surface area (Å²) in [6.45, 7) is 39.0. The van der Waals surface area contributed by atoms with Crippen LogP contribution in [-0.4, -0.2) is 30.9 Å². The smallest absolute Gasteiger partial charge is 0.807 e. The van der Waals surface area contributed by atoms with E-state index in [4.69, 9.17) is 25.3 Å². The number of benzene rings is 2. The summed E-state index contributed by atoms with van der Waals surface area (Å²) in [6, 6.07) is 20.1. The van der Waals surface area contributed by atoms with Crippen LogP contribution in [0, 0.1) is 0 Å². The van der Waals surface area contributed by atoms with Crippen molar-refractivity contribution < 1.29 is 21.7 Å². The molecule has 2 nitrogen and oxygen atoms in total. The molecule has 0 saturated carbocycles. The minimum absolute atomic E-state index is 0. The molecule has 256 valence electrons. The second kappa shape index (κ2) is 18.9. The van der Waals surface area contributed by atoms with Gasteiger partial charge in [-0.15, -0.1) is 0 Å². The van der Waals surface area contributed by atoms with Gasteiger partial charge in [-0.05, 0) is 30.9 Å². The van der Waals surface area contributed by atoms with E-state index in [1.165, 1.54) is 11.1 Å². The van der Waals surface area contributed by atoms with Crippen LogP contribution in [0.4, 0.5) is 0 Å². The van der Waals surface area contributed by atoms with Crippen molar-refractivity contribution in [2.45, 2.75) is 167 Å². The Morgan fingerprint density at radius 2 is 0.556 bits per heavy atom. The van der Waals surface area contributed by atoms with Gasteiger partial charge in [-0.1, -0.05) is 196 Å². The van der Waals surface area contributed by atoms with Gasteiger partial charge in [0.15, 0.2) is 0 Å². The third kappa shape index (κ3) is 14.4. The monoisotopic (exact) mass is 726 g/mol. The minimum atomic E-state index is -2.02. The molecule has 0 fully saturated rings. The van der Waals surface area contributed by atoms with Gasteiger partial charge in [0.2, 0.25) is 0 Å². The average molecular weight is 727 g/mol. The zero-order chi connectivity index (χ0) is 35.6. The van der Waals surface area contributed by atoms with Crippen molar-refractivity contribution in [3.05, 3.63) is 82.1 Å². The molecular weight excluding hydrogens is 658 g/mol. The second-order valence-corrected chi connectivity index (χ2v) is 28.7. The quantitative estimate of drug-likeness (QED) is 0.176. The fourth-order valence-electron chi connectivity index (χ4n) is 7.19. The molecule has 0 amide bonds. The van der Waals surface area contributed by atoms with E-state index < -0.39 is 14.1 Å². The molecule has 0 bridgehead atoms. The fraction of sp³-hybridized carbons (Fsp3) is 0.684. The topological polar surface area (TPSA) is 44.6 Å². The van der Waals surface area contributed by atoms with Crippen LogP contribution in [-0.2, 0) is 58.5 Å². The SMILES string of the molecule is CC(C)(C)P(=[N-])(C(C)(C)C)C(C)(C)C.CC(C)(C)P(=[N-])(C(C)(C)C)C(C)(C)C.[S-]Cc1ccccc1.[S-]Cc1ccccc1.[Ti+4]. The van der Waals surface area contributed by atoms with E-state index >= 15 is 0 Å². The van der Waals surface area contributed by atoms with Crippen molar-refractivity contribution in [1.82, 2.24) is 0 Å². The Hall–Kier alpha value is 0.314. The van der Waals surface area contributed by atoms with Crippen molar-refractivity contribution in [3.63, 3.8) is 0 Å². The van der Waals surface area contributed by atoms with E-state index in [0.717, 1.165) is 11.5 Å². The van der Waals surface area contributed by atoms with Crippen LogP contribution >= 0.6 is 14.1 Å². The standard InChI is InChI=1S/2C12H27NP.2C7H8S.Ti/c2*1-10(2,3)14(13,11(4,5)6)12(7,8)9;2*8-6-7-4-2-1-3-5-7;/h2*1-9H3;2*1-5,8H,6H2;/q2*-1;;;+4/p-2. The molecular formula is C38H68N2P2S2Ti. The van der Waals surface area contributed by atoms with Crippen LogP contribution in [0.3, 0.4) is 0 Å². The molecule has 0 atom stereocenters. The molecule has 0 aliphatic heterocycles. The summed E-state index contributed by atoms with van der Waals surface area (Å²) in [4.78, 5) is 0. The predicted molar refractivity (Wildman–Crippen MR) is 214 cm³/mol. The van der Waals surface area contributed by atoms with Gasteiger partial charge >= 0.3 is 21.7 Å². The molecule has 0 radical (unpaired) electrons. The average Bonchev–Trinajstić information content (AvgIpc) is 2.86. The Bertz CT molecular complexity index is 991.